The lowest BCUT2D eigenvalue weighted by atomic mass is 10.1. The number of carboxylic acids is 1. The Kier molecular flexibility index (Phi) is 3.39. The molecule has 1 aliphatic carbocycles. The molecule has 1 aliphatic rings. The van der Waals surface area contributed by atoms with E-state index in [9.17, 15) is 9.90 Å². The Morgan fingerprint density at radius 2 is 2.19 bits per heavy atom. The van der Waals surface area contributed by atoms with E-state index in [1.54, 1.807) is 18.2 Å². The van der Waals surface area contributed by atoms with Crippen molar-refractivity contribution in [2.75, 3.05) is 0 Å². The third kappa shape index (κ3) is 2.62. The second-order valence-corrected chi connectivity index (χ2v) is 5.24. The van der Waals surface area contributed by atoms with Crippen LogP contribution in [-0.2, 0) is 6.42 Å². The number of aromatic nitrogens is 1. The van der Waals surface area contributed by atoms with Crippen LogP contribution >= 0.6 is 11.6 Å². The van der Waals surface area contributed by atoms with Crippen LogP contribution in [0.25, 0.3) is 6.08 Å². The van der Waals surface area contributed by atoms with Gasteiger partial charge < -0.3 is 9.84 Å². The molecule has 1 N–H and O–H groups in total. The van der Waals surface area contributed by atoms with Crippen LogP contribution in [0.2, 0.25) is 5.02 Å². The number of aromatic carboxylic acids is 1. The van der Waals surface area contributed by atoms with E-state index in [1.165, 1.54) is 12.3 Å². The zero-order chi connectivity index (χ0) is 15.0. The van der Waals surface area contributed by atoms with E-state index in [-0.39, 0.29) is 5.56 Å². The van der Waals surface area contributed by atoms with E-state index in [1.807, 2.05) is 13.0 Å². The molecule has 0 saturated carbocycles. The first kappa shape index (κ1) is 13.6. The minimum absolute atomic E-state index is 0.266. The first-order valence-corrected chi connectivity index (χ1v) is 6.78. The number of fused-ring (bicyclic) bond motifs is 1. The number of nitrogens with zero attached hydrogens (tertiary/aromatic N) is 1. The molecular weight excluding hydrogens is 290 g/mol. The van der Waals surface area contributed by atoms with Crippen LogP contribution in [0.5, 0.6) is 5.75 Å². The second kappa shape index (κ2) is 5.22. The average molecular weight is 302 g/mol. The van der Waals surface area contributed by atoms with Crippen molar-refractivity contribution in [2.24, 2.45) is 0 Å². The van der Waals surface area contributed by atoms with Crippen molar-refractivity contribution in [3.05, 3.63) is 63.6 Å². The summed E-state index contributed by atoms with van der Waals surface area (Å²) in [5.74, 6) is 0.395. The van der Waals surface area contributed by atoms with Crippen molar-refractivity contribution in [2.45, 2.75) is 13.3 Å². The van der Waals surface area contributed by atoms with Crippen LogP contribution < -0.4 is 4.74 Å². The Morgan fingerprint density at radius 3 is 2.90 bits per heavy atom. The molecule has 21 heavy (non-hydrogen) atoms. The number of hydrogen-bond acceptors (Lipinski definition) is 3. The number of benzene rings is 1. The molecule has 3 rings (SSSR count). The third-order valence-electron chi connectivity index (χ3n) is 3.35. The average Bonchev–Trinajstić information content (AvgIpc) is 2.84. The van der Waals surface area contributed by atoms with Crippen LogP contribution in [0.1, 0.15) is 27.2 Å². The molecule has 0 fully saturated rings. The highest BCUT2D eigenvalue weighted by Crippen LogP contribution is 2.29. The molecule has 106 valence electrons. The summed E-state index contributed by atoms with van der Waals surface area (Å²) in [7, 11) is 0. The molecule has 4 nitrogen and oxygen atoms in total. The molecule has 0 saturated heterocycles. The van der Waals surface area contributed by atoms with Gasteiger partial charge in [-0.3, -0.25) is 4.98 Å². The smallest absolute Gasteiger partial charge is 0.336 e. The molecule has 0 bridgehead atoms. The van der Waals surface area contributed by atoms with Crippen molar-refractivity contribution in [3.8, 4) is 5.75 Å². The number of carbonyl (C=O) groups is 1. The molecule has 0 unspecified atom stereocenters. The summed E-state index contributed by atoms with van der Waals surface area (Å²) in [5.41, 5.74) is 2.53. The van der Waals surface area contributed by atoms with Gasteiger partial charge in [0.05, 0.1) is 11.3 Å². The molecule has 1 aromatic heterocycles. The van der Waals surface area contributed by atoms with Gasteiger partial charge in [-0.25, -0.2) is 4.79 Å². The van der Waals surface area contributed by atoms with E-state index < -0.39 is 5.97 Å². The minimum atomic E-state index is -0.953. The van der Waals surface area contributed by atoms with Crippen LogP contribution in [-0.4, -0.2) is 16.1 Å². The molecule has 0 radical (unpaired) electrons. The summed E-state index contributed by atoms with van der Waals surface area (Å²) < 4.78 is 5.80. The fourth-order valence-corrected chi connectivity index (χ4v) is 2.41. The molecule has 0 atom stereocenters. The van der Waals surface area contributed by atoms with Crippen LogP contribution in [0, 0.1) is 6.92 Å². The minimum Gasteiger partial charge on any atom is -0.478 e. The topological polar surface area (TPSA) is 59.4 Å². The van der Waals surface area contributed by atoms with Gasteiger partial charge in [-0.15, -0.1) is 0 Å². The summed E-state index contributed by atoms with van der Waals surface area (Å²) >= 11 is 5.98. The lowest BCUT2D eigenvalue weighted by Crippen LogP contribution is -2.04. The van der Waals surface area contributed by atoms with Crippen LogP contribution in [0.4, 0.5) is 0 Å². The highest BCUT2D eigenvalue weighted by molar-refractivity contribution is 6.31. The summed E-state index contributed by atoms with van der Waals surface area (Å²) in [6.45, 7) is 1.90. The third-order valence-corrected chi connectivity index (χ3v) is 3.77. The van der Waals surface area contributed by atoms with Gasteiger partial charge >= 0.3 is 5.97 Å². The largest absolute Gasteiger partial charge is 0.478 e. The van der Waals surface area contributed by atoms with Crippen LogP contribution in [0.15, 0.2) is 36.2 Å². The molecule has 1 heterocycles. The van der Waals surface area contributed by atoms with E-state index in [4.69, 9.17) is 16.3 Å². The van der Waals surface area contributed by atoms with Gasteiger partial charge in [-0.05, 0) is 42.3 Å². The normalized spacial score (nSPS) is 12.8. The molecular formula is C16H12ClNO3. The number of halogens is 1. The van der Waals surface area contributed by atoms with Crippen LogP contribution in [0.3, 0.4) is 0 Å². The van der Waals surface area contributed by atoms with Gasteiger partial charge in [-0.2, -0.15) is 0 Å². The Morgan fingerprint density at radius 1 is 1.38 bits per heavy atom. The van der Waals surface area contributed by atoms with Gasteiger partial charge in [0.1, 0.15) is 11.5 Å². The second-order valence-electron chi connectivity index (χ2n) is 4.83. The highest BCUT2D eigenvalue weighted by Gasteiger charge is 2.22. The molecule has 1 aromatic carbocycles. The molecule has 0 spiro atoms. The Labute approximate surface area is 126 Å². The van der Waals surface area contributed by atoms with Gasteiger partial charge in [0, 0.05) is 23.7 Å². The predicted molar refractivity (Wildman–Crippen MR) is 79.7 cm³/mol. The van der Waals surface area contributed by atoms with Gasteiger partial charge in [0.2, 0.25) is 0 Å². The summed E-state index contributed by atoms with van der Waals surface area (Å²) in [5, 5.41) is 9.87. The lowest BCUT2D eigenvalue weighted by Gasteiger charge is -2.08. The van der Waals surface area contributed by atoms with E-state index in [0.717, 1.165) is 5.56 Å². The maximum Gasteiger partial charge on any atom is 0.336 e. The van der Waals surface area contributed by atoms with Gasteiger partial charge in [-0.1, -0.05) is 11.6 Å². The number of aryl methyl sites for hydroxylation is 1. The van der Waals surface area contributed by atoms with Gasteiger partial charge in [0.15, 0.2) is 0 Å². The fourth-order valence-electron chi connectivity index (χ4n) is 2.29. The number of ether oxygens (including phenoxy) is 1. The maximum atomic E-state index is 11.2. The van der Waals surface area contributed by atoms with Crippen molar-refractivity contribution in [1.82, 2.24) is 4.98 Å². The number of carboxylic acid groups (broad SMARTS) is 1. The summed E-state index contributed by atoms with van der Waals surface area (Å²) in [6.07, 6.45) is 3.69. The molecule has 5 heteroatoms. The predicted octanol–water partition coefficient (Wildman–Crippen LogP) is 3.72. The monoisotopic (exact) mass is 301 g/mol. The van der Waals surface area contributed by atoms with E-state index in [0.29, 0.717) is 34.2 Å². The zero-order valence-corrected chi connectivity index (χ0v) is 12.0. The summed E-state index contributed by atoms with van der Waals surface area (Å²) in [6, 6.07) is 6.91. The quantitative estimate of drug-likeness (QED) is 0.938. The molecule has 2 aromatic rings. The summed E-state index contributed by atoms with van der Waals surface area (Å²) in [4.78, 5) is 15.4. The molecule has 0 aliphatic heterocycles. The van der Waals surface area contributed by atoms with Crippen molar-refractivity contribution in [1.29, 1.82) is 0 Å². The first-order chi connectivity index (χ1) is 10.0. The first-order valence-electron chi connectivity index (χ1n) is 6.40. The number of hydrogen-bond donors (Lipinski definition) is 1. The van der Waals surface area contributed by atoms with Crippen molar-refractivity contribution < 1.29 is 14.6 Å². The maximum absolute atomic E-state index is 11.2. The van der Waals surface area contributed by atoms with E-state index in [2.05, 4.69) is 4.98 Å². The Hall–Kier alpha value is -2.33. The molecule has 0 amide bonds. The highest BCUT2D eigenvalue weighted by atomic mass is 35.5. The number of rotatable bonds is 3. The fraction of sp³-hybridized carbons (Fsp3) is 0.125. The standard InChI is InChI=1S/C16H12ClNO3/c1-9-6-10(2-3-14(9)17)21-11-7-13-12(16(19)20)4-5-18-15(13)8-11/h2-6,8H,7H2,1H3,(H,19,20). The zero-order valence-electron chi connectivity index (χ0n) is 11.3. The van der Waals surface area contributed by atoms with Gasteiger partial charge in [0.25, 0.3) is 0 Å². The number of allylic oxidation sites excluding steroid dienone is 1. The van der Waals surface area contributed by atoms with Crippen molar-refractivity contribution in [3.63, 3.8) is 0 Å². The Balaban J connectivity index is 1.85. The lowest BCUT2D eigenvalue weighted by molar-refractivity contribution is 0.0695. The Bertz CT molecular complexity index is 768. The van der Waals surface area contributed by atoms with Crippen molar-refractivity contribution >= 4 is 23.6 Å². The SMILES string of the molecule is Cc1cc(OC2=Cc3nccc(C(=O)O)c3C2)ccc1Cl. The number of pyridine rings is 1. The van der Waals surface area contributed by atoms with E-state index >= 15 is 0 Å².